The molecule has 0 amide bonds. The highest BCUT2D eigenvalue weighted by Gasteiger charge is 2.26. The molecule has 1 fully saturated rings. The molecule has 2 aromatic carbocycles. The molecule has 0 spiro atoms. The minimum absolute atomic E-state index is 0.0445. The van der Waals surface area contributed by atoms with Crippen LogP contribution in [0.1, 0.15) is 47.2 Å². The zero-order valence-electron chi connectivity index (χ0n) is 21.2. The van der Waals surface area contributed by atoms with Crippen molar-refractivity contribution < 1.29 is 23.0 Å². The first-order chi connectivity index (χ1) is 17.9. The normalized spacial score (nSPS) is 18.7. The number of halogens is 2. The maximum Gasteiger partial charge on any atom is 0.338 e. The summed E-state index contributed by atoms with van der Waals surface area (Å²) >= 11 is 0. The Balaban J connectivity index is 1.34. The monoisotopic (exact) mass is 509 g/mol. The van der Waals surface area contributed by atoms with Gasteiger partial charge in [-0.3, -0.25) is 0 Å². The van der Waals surface area contributed by atoms with E-state index in [0.717, 1.165) is 48.8 Å². The van der Waals surface area contributed by atoms with Gasteiger partial charge in [0.05, 0.1) is 25.3 Å². The van der Waals surface area contributed by atoms with E-state index in [9.17, 15) is 13.6 Å². The number of hydrogen-bond acceptors (Lipinski definition) is 6. The van der Waals surface area contributed by atoms with Gasteiger partial charge in [-0.1, -0.05) is 18.2 Å². The van der Waals surface area contributed by atoms with Crippen LogP contribution in [-0.2, 0) is 11.2 Å². The molecule has 0 unspecified atom stereocenters. The Labute approximate surface area is 215 Å². The van der Waals surface area contributed by atoms with Crippen molar-refractivity contribution in [2.45, 2.75) is 44.2 Å². The molecule has 3 aromatic rings. The molecule has 0 bridgehead atoms. The predicted octanol–water partition coefficient (Wildman–Crippen LogP) is 5.04. The molecule has 1 saturated carbocycles. The number of pyridine rings is 1. The van der Waals surface area contributed by atoms with Gasteiger partial charge in [-0.15, -0.1) is 0 Å². The quantitative estimate of drug-likeness (QED) is 0.393. The minimum atomic E-state index is -0.453. The number of nitrogens with two attached hydrogens (primary N) is 1. The number of esters is 1. The van der Waals surface area contributed by atoms with E-state index in [1.807, 2.05) is 18.2 Å². The number of fused-ring (bicyclic) bond motifs is 1. The van der Waals surface area contributed by atoms with Gasteiger partial charge in [0.15, 0.2) is 0 Å². The van der Waals surface area contributed by atoms with Gasteiger partial charge >= 0.3 is 5.97 Å². The van der Waals surface area contributed by atoms with E-state index in [1.165, 1.54) is 13.2 Å². The number of rotatable bonds is 9. The highest BCUT2D eigenvalue weighted by atomic mass is 19.1. The van der Waals surface area contributed by atoms with Crippen molar-refractivity contribution in [3.05, 3.63) is 76.9 Å². The van der Waals surface area contributed by atoms with Crippen molar-refractivity contribution in [3.8, 4) is 5.88 Å². The number of nitrogens with zero attached hydrogens (tertiary/aromatic N) is 1. The Morgan fingerprint density at radius 2 is 1.92 bits per heavy atom. The first-order valence-corrected chi connectivity index (χ1v) is 12.5. The number of hydrogen-bond donors (Lipinski definition) is 2. The molecule has 0 radical (unpaired) electrons. The van der Waals surface area contributed by atoms with E-state index >= 15 is 0 Å². The Bertz CT molecular complexity index is 1270. The van der Waals surface area contributed by atoms with Crippen LogP contribution in [0.2, 0.25) is 0 Å². The lowest BCUT2D eigenvalue weighted by molar-refractivity contribution is 0.0603. The molecule has 1 atom stereocenters. The zero-order chi connectivity index (χ0) is 26.4. The highest BCUT2D eigenvalue weighted by molar-refractivity contribution is 6.04. The molecule has 1 aliphatic rings. The van der Waals surface area contributed by atoms with Gasteiger partial charge in [0.25, 0.3) is 0 Å². The fourth-order valence-electron chi connectivity index (χ4n) is 5.06. The van der Waals surface area contributed by atoms with Gasteiger partial charge in [0.2, 0.25) is 5.88 Å². The first kappa shape index (κ1) is 26.7. The summed E-state index contributed by atoms with van der Waals surface area (Å²) in [6, 6.07) is 11.0. The number of benzene rings is 2. The van der Waals surface area contributed by atoms with Gasteiger partial charge in [0.1, 0.15) is 11.6 Å². The van der Waals surface area contributed by atoms with E-state index < -0.39 is 17.6 Å². The van der Waals surface area contributed by atoms with E-state index in [2.05, 4.69) is 10.3 Å². The topological polar surface area (TPSA) is 86.5 Å². The van der Waals surface area contributed by atoms with Crippen molar-refractivity contribution in [2.75, 3.05) is 20.8 Å². The number of aromatic nitrogens is 1. The summed E-state index contributed by atoms with van der Waals surface area (Å²) < 4.78 is 37.3. The second-order valence-corrected chi connectivity index (χ2v) is 9.47. The van der Waals surface area contributed by atoms with Gasteiger partial charge in [0, 0.05) is 35.6 Å². The van der Waals surface area contributed by atoms with Crippen LogP contribution in [0, 0.1) is 17.6 Å². The largest absolute Gasteiger partial charge is 0.481 e. The number of carbonyl (C=O) groups is 1. The van der Waals surface area contributed by atoms with Crippen LogP contribution < -0.4 is 15.8 Å². The SMILES string of the molecule is COC(=O)c1ccc(C[C@H](N)C2CCC(NC/C=C/c3cc(F)ccc3F)CC2)c2nc(OC)ccc12. The van der Waals surface area contributed by atoms with Gasteiger partial charge < -0.3 is 20.5 Å². The van der Waals surface area contributed by atoms with Crippen LogP contribution in [-0.4, -0.2) is 43.8 Å². The Morgan fingerprint density at radius 3 is 2.65 bits per heavy atom. The van der Waals surface area contributed by atoms with Crippen LogP contribution in [0.5, 0.6) is 5.88 Å². The standard InChI is InChI=1S/C29H33F2N3O3/c1-36-27-14-12-23-24(29(35)37-2)11-7-20(28(23)34-27)17-26(32)18-5-9-22(10-6-18)33-15-3-4-19-16-21(30)8-13-25(19)31/h3-4,7-8,11-14,16,18,22,26,33H,5-6,9-10,15,17,32H2,1-2H3/b4-3+/t18?,22?,26-/m0/s1. The lowest BCUT2D eigenvalue weighted by Crippen LogP contribution is -2.39. The fourth-order valence-corrected chi connectivity index (χ4v) is 5.06. The van der Waals surface area contributed by atoms with Crippen LogP contribution in [0.25, 0.3) is 17.0 Å². The van der Waals surface area contributed by atoms with Crippen molar-refractivity contribution in [2.24, 2.45) is 11.7 Å². The summed E-state index contributed by atoms with van der Waals surface area (Å²) in [4.78, 5) is 16.8. The van der Waals surface area contributed by atoms with Crippen LogP contribution >= 0.6 is 0 Å². The summed E-state index contributed by atoms with van der Waals surface area (Å²) in [5, 5.41) is 4.20. The number of ether oxygens (including phenoxy) is 2. The molecule has 4 rings (SSSR count). The smallest absolute Gasteiger partial charge is 0.338 e. The van der Waals surface area contributed by atoms with Crippen molar-refractivity contribution in [1.82, 2.24) is 10.3 Å². The summed E-state index contributed by atoms with van der Waals surface area (Å²) in [5.41, 5.74) is 9.06. The van der Waals surface area contributed by atoms with E-state index in [4.69, 9.17) is 15.2 Å². The van der Waals surface area contributed by atoms with Crippen LogP contribution in [0.15, 0.2) is 48.5 Å². The third kappa shape index (κ3) is 6.50. The molecule has 196 valence electrons. The molecule has 8 heteroatoms. The highest BCUT2D eigenvalue weighted by Crippen LogP contribution is 2.30. The molecule has 3 N–H and O–H groups in total. The molecule has 1 aromatic heterocycles. The molecule has 0 saturated heterocycles. The molecule has 37 heavy (non-hydrogen) atoms. The molecule has 6 nitrogen and oxygen atoms in total. The van der Waals surface area contributed by atoms with Crippen molar-refractivity contribution in [3.63, 3.8) is 0 Å². The van der Waals surface area contributed by atoms with Gasteiger partial charge in [-0.05, 0) is 73.9 Å². The van der Waals surface area contributed by atoms with E-state index in [-0.39, 0.29) is 11.6 Å². The van der Waals surface area contributed by atoms with Crippen molar-refractivity contribution >= 4 is 22.9 Å². The maximum atomic E-state index is 13.7. The van der Waals surface area contributed by atoms with Crippen LogP contribution in [0.3, 0.4) is 0 Å². The molecule has 1 heterocycles. The lowest BCUT2D eigenvalue weighted by Gasteiger charge is -2.32. The molecular formula is C29H33F2N3O3. The number of nitrogens with one attached hydrogen (secondary N) is 1. The zero-order valence-corrected chi connectivity index (χ0v) is 21.2. The second kappa shape index (κ2) is 12.3. The number of carbonyl (C=O) groups excluding carboxylic acids is 1. The minimum Gasteiger partial charge on any atom is -0.481 e. The van der Waals surface area contributed by atoms with Crippen LogP contribution in [0.4, 0.5) is 8.78 Å². The molecular weight excluding hydrogens is 476 g/mol. The van der Waals surface area contributed by atoms with Crippen molar-refractivity contribution in [1.29, 1.82) is 0 Å². The second-order valence-electron chi connectivity index (χ2n) is 9.47. The number of methoxy groups -OCH3 is 2. The summed E-state index contributed by atoms with van der Waals surface area (Å²) in [7, 11) is 2.92. The molecule has 0 aliphatic heterocycles. The fraction of sp³-hybridized carbons (Fsp3) is 0.379. The summed E-state index contributed by atoms with van der Waals surface area (Å²) in [5.74, 6) is -0.449. The molecule has 1 aliphatic carbocycles. The third-order valence-electron chi connectivity index (χ3n) is 7.14. The Morgan fingerprint density at radius 1 is 1.14 bits per heavy atom. The van der Waals surface area contributed by atoms with E-state index in [1.54, 1.807) is 25.3 Å². The van der Waals surface area contributed by atoms with Gasteiger partial charge in [-0.25, -0.2) is 18.6 Å². The van der Waals surface area contributed by atoms with Gasteiger partial charge in [-0.2, -0.15) is 0 Å². The maximum absolute atomic E-state index is 13.7. The average Bonchev–Trinajstić information content (AvgIpc) is 2.92. The Kier molecular flexibility index (Phi) is 8.84. The summed E-state index contributed by atoms with van der Waals surface area (Å²) in [6.07, 6.45) is 8.05. The van der Waals surface area contributed by atoms with E-state index in [0.29, 0.717) is 41.9 Å². The predicted molar refractivity (Wildman–Crippen MR) is 140 cm³/mol. The summed E-state index contributed by atoms with van der Waals surface area (Å²) in [6.45, 7) is 0.587. The third-order valence-corrected chi connectivity index (χ3v) is 7.14. The lowest BCUT2D eigenvalue weighted by atomic mass is 9.79. The first-order valence-electron chi connectivity index (χ1n) is 12.5. The Hall–Kier alpha value is -3.36. The average molecular weight is 510 g/mol.